The van der Waals surface area contributed by atoms with Crippen LogP contribution in [0.15, 0.2) is 36.4 Å². The lowest BCUT2D eigenvalue weighted by atomic mass is 9.92. The number of halogens is 5. The van der Waals surface area contributed by atoms with Gasteiger partial charge in [-0.25, -0.2) is 4.98 Å². The number of aryl methyl sites for hydroxylation is 1. The lowest BCUT2D eigenvalue weighted by molar-refractivity contribution is -0.274. The van der Waals surface area contributed by atoms with Gasteiger partial charge >= 0.3 is 6.36 Å². The lowest BCUT2D eigenvalue weighted by Gasteiger charge is -2.15. The van der Waals surface area contributed by atoms with Crippen molar-refractivity contribution in [3.05, 3.63) is 52.1 Å². The Balaban J connectivity index is 1.85. The van der Waals surface area contributed by atoms with Crippen LogP contribution in [0.4, 0.5) is 13.2 Å². The molecule has 2 heterocycles. The predicted molar refractivity (Wildman–Crippen MR) is 119 cm³/mol. The van der Waals surface area contributed by atoms with Crippen LogP contribution < -0.4 is 4.74 Å². The number of fused-ring (bicyclic) bond motifs is 1. The summed E-state index contributed by atoms with van der Waals surface area (Å²) in [5, 5.41) is 5.28. The van der Waals surface area contributed by atoms with Crippen molar-refractivity contribution in [2.75, 3.05) is 0 Å². The third-order valence-corrected chi connectivity index (χ3v) is 5.53. The molecule has 32 heavy (non-hydrogen) atoms. The molecule has 0 spiro atoms. The van der Waals surface area contributed by atoms with E-state index in [1.165, 1.54) is 18.2 Å². The molecule has 0 unspecified atom stereocenters. The van der Waals surface area contributed by atoms with Gasteiger partial charge in [0.1, 0.15) is 17.0 Å². The van der Waals surface area contributed by atoms with Crippen LogP contribution in [0.1, 0.15) is 26.5 Å². The number of rotatable bonds is 3. The molecule has 1 N–H and O–H groups in total. The van der Waals surface area contributed by atoms with Gasteiger partial charge in [0.25, 0.3) is 0 Å². The Bertz CT molecular complexity index is 1320. The van der Waals surface area contributed by atoms with Gasteiger partial charge < -0.3 is 9.72 Å². The molecule has 0 aliphatic rings. The van der Waals surface area contributed by atoms with Gasteiger partial charge in [-0.05, 0) is 23.8 Å². The number of alkyl halides is 3. The molecule has 168 valence electrons. The molecule has 0 saturated heterocycles. The number of para-hydroxylation sites is 1. The highest BCUT2D eigenvalue weighted by Crippen LogP contribution is 2.39. The van der Waals surface area contributed by atoms with E-state index in [1.807, 2.05) is 20.8 Å². The minimum absolute atomic E-state index is 0.248. The van der Waals surface area contributed by atoms with Gasteiger partial charge in [0, 0.05) is 18.0 Å². The molecular formula is C22H19Cl2F3N4O. The van der Waals surface area contributed by atoms with E-state index in [-0.39, 0.29) is 21.8 Å². The zero-order valence-corrected chi connectivity index (χ0v) is 19.1. The maximum atomic E-state index is 12.8. The Morgan fingerprint density at radius 1 is 1.06 bits per heavy atom. The highest BCUT2D eigenvalue weighted by Gasteiger charge is 2.32. The van der Waals surface area contributed by atoms with Gasteiger partial charge in [-0.2, -0.15) is 5.10 Å². The second-order valence-corrected chi connectivity index (χ2v) is 9.15. The monoisotopic (exact) mass is 482 g/mol. The molecule has 10 heteroatoms. The minimum Gasteiger partial charge on any atom is -0.405 e. The summed E-state index contributed by atoms with van der Waals surface area (Å²) < 4.78 is 44.3. The molecule has 0 amide bonds. The summed E-state index contributed by atoms with van der Waals surface area (Å²) in [5.74, 6) is 0.133. The molecule has 2 aromatic heterocycles. The van der Waals surface area contributed by atoms with E-state index in [4.69, 9.17) is 23.2 Å². The molecule has 0 atom stereocenters. The number of hydrogen-bond acceptors (Lipinski definition) is 3. The molecular weight excluding hydrogens is 464 g/mol. The van der Waals surface area contributed by atoms with Gasteiger partial charge in [0.15, 0.2) is 5.82 Å². The second-order valence-electron chi connectivity index (χ2n) is 8.37. The van der Waals surface area contributed by atoms with E-state index in [9.17, 15) is 13.2 Å². The van der Waals surface area contributed by atoms with Gasteiger partial charge in [-0.15, -0.1) is 13.2 Å². The Labute approximate surface area is 192 Å². The summed E-state index contributed by atoms with van der Waals surface area (Å²) in [6, 6.07) is 9.10. The lowest BCUT2D eigenvalue weighted by Crippen LogP contribution is -2.17. The number of benzene rings is 2. The molecule has 4 rings (SSSR count). The number of aromatic amines is 1. The molecule has 4 aromatic rings. The number of aromatic nitrogens is 4. The standard InChI is InChI=1S/C22H19Cl2F3N4O/c1-21(2,3)19-16(24)18(31(4)30-19)20-28-14-10-11(9-13(23)17(14)29-20)12-7-5-6-8-15(12)32-22(25,26)27/h5-10H,1-4H3,(H,28,29). The van der Waals surface area contributed by atoms with Crippen LogP contribution in [-0.4, -0.2) is 26.1 Å². The Kier molecular flexibility index (Phi) is 5.41. The summed E-state index contributed by atoms with van der Waals surface area (Å²) in [6.07, 6.45) is -4.81. The van der Waals surface area contributed by atoms with Gasteiger partial charge in [0.05, 0.1) is 21.3 Å². The van der Waals surface area contributed by atoms with Crippen molar-refractivity contribution in [3.8, 4) is 28.4 Å². The summed E-state index contributed by atoms with van der Waals surface area (Å²) in [5.41, 5.74) is 2.75. The van der Waals surface area contributed by atoms with Crippen molar-refractivity contribution in [1.29, 1.82) is 0 Å². The predicted octanol–water partition coefficient (Wildman–Crippen LogP) is 7.13. The van der Waals surface area contributed by atoms with E-state index < -0.39 is 6.36 Å². The van der Waals surface area contributed by atoms with E-state index in [2.05, 4.69) is 19.8 Å². The van der Waals surface area contributed by atoms with Gasteiger partial charge in [-0.1, -0.05) is 62.2 Å². The van der Waals surface area contributed by atoms with E-state index >= 15 is 0 Å². The smallest absolute Gasteiger partial charge is 0.405 e. The highest BCUT2D eigenvalue weighted by molar-refractivity contribution is 6.35. The number of imidazole rings is 1. The Morgan fingerprint density at radius 2 is 1.75 bits per heavy atom. The first-order chi connectivity index (χ1) is 14.8. The second kappa shape index (κ2) is 7.71. The normalized spacial score (nSPS) is 12.5. The van der Waals surface area contributed by atoms with Crippen LogP contribution in [-0.2, 0) is 12.5 Å². The third-order valence-electron chi connectivity index (χ3n) is 4.89. The Hall–Kier alpha value is -2.71. The quantitative estimate of drug-likeness (QED) is 0.337. The summed E-state index contributed by atoms with van der Waals surface area (Å²) >= 11 is 13.1. The zero-order valence-electron chi connectivity index (χ0n) is 17.6. The van der Waals surface area contributed by atoms with E-state index in [1.54, 1.807) is 29.9 Å². The summed E-state index contributed by atoms with van der Waals surface area (Å²) in [6.45, 7) is 6.02. The first-order valence-electron chi connectivity index (χ1n) is 9.63. The van der Waals surface area contributed by atoms with Crippen molar-refractivity contribution < 1.29 is 17.9 Å². The fraction of sp³-hybridized carbons (Fsp3) is 0.273. The fourth-order valence-electron chi connectivity index (χ4n) is 3.50. The molecule has 2 aromatic carbocycles. The zero-order chi connectivity index (χ0) is 23.4. The number of ether oxygens (including phenoxy) is 1. The first-order valence-corrected chi connectivity index (χ1v) is 10.4. The molecule has 5 nitrogen and oxygen atoms in total. The summed E-state index contributed by atoms with van der Waals surface area (Å²) in [4.78, 5) is 7.75. The van der Waals surface area contributed by atoms with E-state index in [0.29, 0.717) is 33.1 Å². The topological polar surface area (TPSA) is 55.7 Å². The first kappa shape index (κ1) is 22.5. The largest absolute Gasteiger partial charge is 0.573 e. The van der Waals surface area contributed by atoms with Crippen molar-refractivity contribution in [1.82, 2.24) is 19.7 Å². The van der Waals surface area contributed by atoms with Crippen LogP contribution in [0.3, 0.4) is 0 Å². The molecule has 0 fully saturated rings. The maximum Gasteiger partial charge on any atom is 0.573 e. The number of H-pyrrole nitrogens is 1. The molecule has 0 saturated carbocycles. The minimum atomic E-state index is -4.81. The molecule has 0 aliphatic carbocycles. The maximum absolute atomic E-state index is 12.8. The molecule has 0 aliphatic heterocycles. The molecule has 0 radical (unpaired) electrons. The van der Waals surface area contributed by atoms with E-state index in [0.717, 1.165) is 5.69 Å². The number of hydrogen-bond donors (Lipinski definition) is 1. The van der Waals surface area contributed by atoms with Crippen LogP contribution in [0.2, 0.25) is 10.0 Å². The number of nitrogens with one attached hydrogen (secondary N) is 1. The van der Waals surface area contributed by atoms with Gasteiger partial charge in [-0.3, -0.25) is 4.68 Å². The summed E-state index contributed by atoms with van der Waals surface area (Å²) in [7, 11) is 1.77. The van der Waals surface area contributed by atoms with Crippen molar-refractivity contribution in [3.63, 3.8) is 0 Å². The van der Waals surface area contributed by atoms with Crippen LogP contribution in [0, 0.1) is 0 Å². The average molecular weight is 483 g/mol. The van der Waals surface area contributed by atoms with Crippen molar-refractivity contribution in [2.24, 2.45) is 7.05 Å². The fourth-order valence-corrected chi connectivity index (χ4v) is 4.29. The Morgan fingerprint density at radius 3 is 2.38 bits per heavy atom. The van der Waals surface area contributed by atoms with Crippen LogP contribution >= 0.6 is 23.2 Å². The van der Waals surface area contributed by atoms with Crippen LogP contribution in [0.25, 0.3) is 33.7 Å². The number of nitrogens with zero attached hydrogens (tertiary/aromatic N) is 3. The van der Waals surface area contributed by atoms with Crippen LogP contribution in [0.5, 0.6) is 5.75 Å². The SMILES string of the molecule is Cn1nc(C(C)(C)C)c(Cl)c1-c1nc2c(Cl)cc(-c3ccccc3OC(F)(F)F)cc2[nH]1. The van der Waals surface area contributed by atoms with Crippen molar-refractivity contribution >= 4 is 34.2 Å². The average Bonchev–Trinajstić information content (AvgIpc) is 3.21. The highest BCUT2D eigenvalue weighted by atomic mass is 35.5. The third kappa shape index (κ3) is 4.17. The molecule has 0 bridgehead atoms. The van der Waals surface area contributed by atoms with Crippen molar-refractivity contribution in [2.45, 2.75) is 32.5 Å². The van der Waals surface area contributed by atoms with Gasteiger partial charge in [0.2, 0.25) is 0 Å².